The van der Waals surface area contributed by atoms with Gasteiger partial charge in [-0.3, -0.25) is 4.57 Å². The van der Waals surface area contributed by atoms with Crippen molar-refractivity contribution in [2.45, 2.75) is 27.7 Å². The third-order valence-electron chi connectivity index (χ3n) is 4.93. The van der Waals surface area contributed by atoms with E-state index in [1.807, 2.05) is 6.07 Å². The Balaban J connectivity index is 1.98. The maximum atomic E-state index is 5.04. The van der Waals surface area contributed by atoms with Gasteiger partial charge in [-0.25, -0.2) is 4.98 Å². The lowest BCUT2D eigenvalue weighted by molar-refractivity contribution is 1.03. The first-order chi connectivity index (χ1) is 13.0. The molecule has 0 unspecified atom stereocenters. The van der Waals surface area contributed by atoms with E-state index in [9.17, 15) is 0 Å². The van der Waals surface area contributed by atoms with E-state index in [0.29, 0.717) is 0 Å². The van der Waals surface area contributed by atoms with Gasteiger partial charge in [0, 0.05) is 17.3 Å². The monoisotopic (exact) mass is 352 g/mol. The van der Waals surface area contributed by atoms with Gasteiger partial charge in [0.25, 0.3) is 0 Å². The third-order valence-corrected chi connectivity index (χ3v) is 4.93. The van der Waals surface area contributed by atoms with Crippen LogP contribution in [0, 0.1) is 27.7 Å². The van der Waals surface area contributed by atoms with Gasteiger partial charge in [-0.05, 0) is 44.9 Å². The molecule has 1 aromatic heterocycles. The van der Waals surface area contributed by atoms with Crippen LogP contribution >= 0.6 is 0 Å². The smallest absolute Gasteiger partial charge is 0.145 e. The second kappa shape index (κ2) is 6.88. The average Bonchev–Trinajstić information content (AvgIpc) is 3.06. The van der Waals surface area contributed by atoms with Crippen molar-refractivity contribution < 1.29 is 0 Å². The summed E-state index contributed by atoms with van der Waals surface area (Å²) >= 11 is 0. The standard InChI is InChI=1S/C25H24N2/c1-17-9-8-12-22(15-17)23-16-27(24-19(3)13-18(2)14-20(24)4)25(26-23)21-10-6-5-7-11-21/h5-16H,1-4H3. The van der Waals surface area contributed by atoms with Crippen molar-refractivity contribution in [2.75, 3.05) is 0 Å². The van der Waals surface area contributed by atoms with Gasteiger partial charge in [0.2, 0.25) is 0 Å². The molecular weight excluding hydrogens is 328 g/mol. The molecule has 0 amide bonds. The van der Waals surface area contributed by atoms with E-state index in [1.165, 1.54) is 27.9 Å². The van der Waals surface area contributed by atoms with Crippen molar-refractivity contribution in [3.8, 4) is 28.3 Å². The van der Waals surface area contributed by atoms with E-state index in [2.05, 4.69) is 99.1 Å². The number of aryl methyl sites for hydroxylation is 4. The number of benzene rings is 3. The fourth-order valence-corrected chi connectivity index (χ4v) is 3.84. The van der Waals surface area contributed by atoms with Crippen molar-refractivity contribution in [1.29, 1.82) is 0 Å². The van der Waals surface area contributed by atoms with Gasteiger partial charge in [0.05, 0.1) is 11.4 Å². The van der Waals surface area contributed by atoms with E-state index >= 15 is 0 Å². The van der Waals surface area contributed by atoms with Crippen molar-refractivity contribution in [3.63, 3.8) is 0 Å². The summed E-state index contributed by atoms with van der Waals surface area (Å²) in [6.07, 6.45) is 2.17. The van der Waals surface area contributed by atoms with Crippen molar-refractivity contribution in [3.05, 3.63) is 95.2 Å². The summed E-state index contributed by atoms with van der Waals surface area (Å²) < 4.78 is 2.25. The molecule has 1 heterocycles. The SMILES string of the molecule is Cc1cccc(-c2cn(-c3c(C)cc(C)cc3C)c(-c3ccccc3)n2)c1. The highest BCUT2D eigenvalue weighted by Crippen LogP contribution is 2.31. The maximum absolute atomic E-state index is 5.04. The first-order valence-corrected chi connectivity index (χ1v) is 9.33. The first-order valence-electron chi connectivity index (χ1n) is 9.33. The summed E-state index contributed by atoms with van der Waals surface area (Å²) in [4.78, 5) is 5.04. The Morgan fingerprint density at radius 3 is 2.00 bits per heavy atom. The maximum Gasteiger partial charge on any atom is 0.145 e. The van der Waals surface area contributed by atoms with Gasteiger partial charge in [-0.1, -0.05) is 71.8 Å². The zero-order valence-corrected chi connectivity index (χ0v) is 16.3. The quantitative estimate of drug-likeness (QED) is 0.415. The fourth-order valence-electron chi connectivity index (χ4n) is 3.84. The molecule has 0 saturated heterocycles. The Hall–Kier alpha value is -3.13. The van der Waals surface area contributed by atoms with Crippen LogP contribution in [0.3, 0.4) is 0 Å². The highest BCUT2D eigenvalue weighted by molar-refractivity contribution is 5.69. The van der Waals surface area contributed by atoms with Crippen molar-refractivity contribution in [2.24, 2.45) is 0 Å². The molecule has 3 aromatic carbocycles. The molecule has 0 aliphatic rings. The van der Waals surface area contributed by atoms with Crippen LogP contribution in [0.25, 0.3) is 28.3 Å². The molecule has 0 N–H and O–H groups in total. The highest BCUT2D eigenvalue weighted by Gasteiger charge is 2.16. The lowest BCUT2D eigenvalue weighted by atomic mass is 10.0. The summed E-state index contributed by atoms with van der Waals surface area (Å²) in [7, 11) is 0. The van der Waals surface area contributed by atoms with Gasteiger partial charge in [0.1, 0.15) is 5.82 Å². The molecule has 27 heavy (non-hydrogen) atoms. The fraction of sp³-hybridized carbons (Fsp3) is 0.160. The molecule has 0 saturated carbocycles. The summed E-state index contributed by atoms with van der Waals surface area (Å²) in [5.41, 5.74) is 9.53. The average molecular weight is 352 g/mol. The van der Waals surface area contributed by atoms with Crippen LogP contribution < -0.4 is 0 Å². The molecule has 0 aliphatic heterocycles. The molecule has 134 valence electrons. The topological polar surface area (TPSA) is 17.8 Å². The molecule has 4 aromatic rings. The molecule has 4 rings (SSSR count). The Morgan fingerprint density at radius 1 is 0.667 bits per heavy atom. The Kier molecular flexibility index (Phi) is 4.41. The second-order valence-electron chi connectivity index (χ2n) is 7.30. The lowest BCUT2D eigenvalue weighted by Gasteiger charge is -2.15. The van der Waals surface area contributed by atoms with Crippen molar-refractivity contribution in [1.82, 2.24) is 9.55 Å². The van der Waals surface area contributed by atoms with E-state index < -0.39 is 0 Å². The summed E-state index contributed by atoms with van der Waals surface area (Å²) in [6, 6.07) is 23.4. The molecule has 0 aliphatic carbocycles. The van der Waals surface area contributed by atoms with Gasteiger partial charge in [0.15, 0.2) is 0 Å². The number of hydrogen-bond acceptors (Lipinski definition) is 1. The van der Waals surface area contributed by atoms with Gasteiger partial charge in [-0.2, -0.15) is 0 Å². The Bertz CT molecular complexity index is 1080. The van der Waals surface area contributed by atoms with Crippen LogP contribution in [0.2, 0.25) is 0 Å². The Morgan fingerprint density at radius 2 is 1.33 bits per heavy atom. The summed E-state index contributed by atoms with van der Waals surface area (Å²) in [6.45, 7) is 8.62. The summed E-state index contributed by atoms with van der Waals surface area (Å²) in [5, 5.41) is 0. The Labute approximate surface area is 161 Å². The van der Waals surface area contributed by atoms with Crippen LogP contribution in [0.1, 0.15) is 22.3 Å². The first kappa shape index (κ1) is 17.3. The number of rotatable bonds is 3. The zero-order valence-electron chi connectivity index (χ0n) is 16.3. The number of hydrogen-bond donors (Lipinski definition) is 0. The highest BCUT2D eigenvalue weighted by atomic mass is 15.1. The molecule has 2 nitrogen and oxygen atoms in total. The minimum Gasteiger partial charge on any atom is -0.299 e. The summed E-state index contributed by atoms with van der Waals surface area (Å²) in [5.74, 6) is 0.974. The van der Waals surface area contributed by atoms with Crippen LogP contribution in [-0.4, -0.2) is 9.55 Å². The predicted molar refractivity (Wildman–Crippen MR) is 113 cm³/mol. The minimum atomic E-state index is 0.974. The molecule has 0 spiro atoms. The van der Waals surface area contributed by atoms with Crippen molar-refractivity contribution >= 4 is 0 Å². The lowest BCUT2D eigenvalue weighted by Crippen LogP contribution is -2.02. The van der Waals surface area contributed by atoms with Crippen LogP contribution in [0.5, 0.6) is 0 Å². The predicted octanol–water partition coefficient (Wildman–Crippen LogP) is 6.44. The van der Waals surface area contributed by atoms with E-state index in [4.69, 9.17) is 4.98 Å². The molecule has 0 atom stereocenters. The van der Waals surface area contributed by atoms with Crippen LogP contribution in [0.4, 0.5) is 0 Å². The minimum absolute atomic E-state index is 0.974. The van der Waals surface area contributed by atoms with Gasteiger partial charge >= 0.3 is 0 Å². The number of aromatic nitrogens is 2. The molecule has 0 radical (unpaired) electrons. The van der Waals surface area contributed by atoms with Crippen LogP contribution in [-0.2, 0) is 0 Å². The van der Waals surface area contributed by atoms with E-state index in [0.717, 1.165) is 22.6 Å². The normalized spacial score (nSPS) is 11.0. The largest absolute Gasteiger partial charge is 0.299 e. The zero-order chi connectivity index (χ0) is 19.0. The van der Waals surface area contributed by atoms with E-state index in [-0.39, 0.29) is 0 Å². The molecule has 0 fully saturated rings. The van der Waals surface area contributed by atoms with Gasteiger partial charge in [-0.15, -0.1) is 0 Å². The third kappa shape index (κ3) is 3.31. The number of imidazole rings is 1. The number of nitrogens with zero attached hydrogens (tertiary/aromatic N) is 2. The molecule has 2 heteroatoms. The molecule has 0 bridgehead atoms. The molecular formula is C25H24N2. The van der Waals surface area contributed by atoms with Gasteiger partial charge < -0.3 is 0 Å². The van der Waals surface area contributed by atoms with E-state index in [1.54, 1.807) is 0 Å². The van der Waals surface area contributed by atoms with Crippen LogP contribution in [0.15, 0.2) is 72.9 Å². The second-order valence-corrected chi connectivity index (χ2v) is 7.30.